The third-order valence-electron chi connectivity index (χ3n) is 2.53. The lowest BCUT2D eigenvalue weighted by Gasteiger charge is -2.09. The molecular formula is C14H8ClF3O2S. The number of aliphatic carboxylic acids is 1. The zero-order chi connectivity index (χ0) is 15.6. The molecule has 0 spiro atoms. The van der Waals surface area contributed by atoms with Gasteiger partial charge >= 0.3 is 12.1 Å². The molecule has 0 unspecified atom stereocenters. The van der Waals surface area contributed by atoms with Crippen LogP contribution in [-0.2, 0) is 11.0 Å². The van der Waals surface area contributed by atoms with Crippen LogP contribution in [0.5, 0.6) is 0 Å². The highest BCUT2D eigenvalue weighted by atomic mass is 35.5. The van der Waals surface area contributed by atoms with E-state index < -0.39 is 17.7 Å². The maximum Gasteiger partial charge on any atom is 0.416 e. The van der Waals surface area contributed by atoms with Crippen molar-refractivity contribution in [2.75, 3.05) is 0 Å². The summed E-state index contributed by atoms with van der Waals surface area (Å²) in [5, 5.41) is 8.53. The highest BCUT2D eigenvalue weighted by Crippen LogP contribution is 2.37. The van der Waals surface area contributed by atoms with E-state index in [2.05, 4.69) is 0 Å². The maximum atomic E-state index is 12.7. The molecule has 0 aliphatic carbocycles. The zero-order valence-corrected chi connectivity index (χ0v) is 11.9. The number of carbonyl (C=O) groups is 1. The van der Waals surface area contributed by atoms with Gasteiger partial charge in [-0.3, -0.25) is 0 Å². The van der Waals surface area contributed by atoms with Crippen molar-refractivity contribution in [3.05, 3.63) is 51.9 Å². The molecule has 7 heteroatoms. The number of carboxylic acids is 1. The lowest BCUT2D eigenvalue weighted by Crippen LogP contribution is -2.04. The molecule has 2 rings (SSSR count). The molecule has 1 aromatic carbocycles. The van der Waals surface area contributed by atoms with E-state index in [1.54, 1.807) is 12.1 Å². The first kappa shape index (κ1) is 15.6. The molecule has 2 aromatic rings. The smallest absolute Gasteiger partial charge is 0.416 e. The monoisotopic (exact) mass is 332 g/mol. The number of thiophene rings is 1. The molecule has 0 bridgehead atoms. The standard InChI is InChI=1S/C14H8ClF3O2S/c15-10-6-8(5-9(7-10)14(16,17)18)12-3-1-11(21-12)2-4-13(19)20/h1-7H,(H,19,20)/b4-2+. The molecule has 110 valence electrons. The molecule has 1 heterocycles. The summed E-state index contributed by atoms with van der Waals surface area (Å²) in [7, 11) is 0. The van der Waals surface area contributed by atoms with Crippen LogP contribution in [0.3, 0.4) is 0 Å². The second-order valence-corrected chi connectivity index (χ2v) is 5.65. The number of hydrogen-bond donors (Lipinski definition) is 1. The quantitative estimate of drug-likeness (QED) is 0.786. The summed E-state index contributed by atoms with van der Waals surface area (Å²) in [6, 6.07) is 6.57. The van der Waals surface area contributed by atoms with Crippen molar-refractivity contribution in [1.82, 2.24) is 0 Å². The predicted molar refractivity (Wildman–Crippen MR) is 76.4 cm³/mol. The van der Waals surface area contributed by atoms with Gasteiger partial charge in [0.2, 0.25) is 0 Å². The van der Waals surface area contributed by atoms with Gasteiger partial charge in [0, 0.05) is 20.9 Å². The van der Waals surface area contributed by atoms with Gasteiger partial charge in [0.15, 0.2) is 0 Å². The van der Waals surface area contributed by atoms with E-state index in [1.807, 2.05) is 0 Å². The minimum Gasteiger partial charge on any atom is -0.478 e. The average molecular weight is 333 g/mol. The normalized spacial score (nSPS) is 12.0. The Hall–Kier alpha value is -1.79. The van der Waals surface area contributed by atoms with Crippen molar-refractivity contribution in [1.29, 1.82) is 0 Å². The van der Waals surface area contributed by atoms with Crippen molar-refractivity contribution < 1.29 is 23.1 Å². The predicted octanol–water partition coefficient (Wildman–Crippen LogP) is 5.19. The Morgan fingerprint density at radius 3 is 2.57 bits per heavy atom. The number of rotatable bonds is 3. The van der Waals surface area contributed by atoms with Gasteiger partial charge < -0.3 is 5.11 Å². The van der Waals surface area contributed by atoms with Crippen LogP contribution < -0.4 is 0 Å². The van der Waals surface area contributed by atoms with E-state index in [-0.39, 0.29) is 5.02 Å². The summed E-state index contributed by atoms with van der Waals surface area (Å²) in [5.74, 6) is -1.09. The van der Waals surface area contributed by atoms with Crippen LogP contribution >= 0.6 is 22.9 Å². The number of hydrogen-bond acceptors (Lipinski definition) is 2. The number of carboxylic acid groups (broad SMARTS) is 1. The van der Waals surface area contributed by atoms with Gasteiger partial charge in [0.25, 0.3) is 0 Å². The largest absolute Gasteiger partial charge is 0.478 e. The third-order valence-corrected chi connectivity index (χ3v) is 3.84. The first-order chi connectivity index (χ1) is 9.75. The first-order valence-electron chi connectivity index (χ1n) is 5.65. The van der Waals surface area contributed by atoms with Crippen LogP contribution in [0.15, 0.2) is 36.4 Å². The van der Waals surface area contributed by atoms with Gasteiger partial charge in [0.1, 0.15) is 0 Å². The summed E-state index contributed by atoms with van der Waals surface area (Å²) in [5.41, 5.74) is -0.476. The third kappa shape index (κ3) is 4.09. The van der Waals surface area contributed by atoms with E-state index in [1.165, 1.54) is 23.5 Å². The summed E-state index contributed by atoms with van der Waals surface area (Å²) in [6.07, 6.45) is -2.12. The molecular weight excluding hydrogens is 325 g/mol. The minimum atomic E-state index is -4.47. The molecule has 0 radical (unpaired) electrons. The van der Waals surface area contributed by atoms with Crippen LogP contribution in [0.2, 0.25) is 5.02 Å². The van der Waals surface area contributed by atoms with Gasteiger partial charge in [-0.1, -0.05) is 11.6 Å². The van der Waals surface area contributed by atoms with Crippen LogP contribution in [0.25, 0.3) is 16.5 Å². The Morgan fingerprint density at radius 2 is 1.95 bits per heavy atom. The van der Waals surface area contributed by atoms with Crippen molar-refractivity contribution in [2.24, 2.45) is 0 Å². The van der Waals surface area contributed by atoms with Gasteiger partial charge in [-0.25, -0.2) is 4.79 Å². The van der Waals surface area contributed by atoms with E-state index >= 15 is 0 Å². The second-order valence-electron chi connectivity index (χ2n) is 4.10. The Balaban J connectivity index is 2.39. The zero-order valence-electron chi connectivity index (χ0n) is 10.3. The maximum absolute atomic E-state index is 12.7. The van der Waals surface area contributed by atoms with Crippen molar-refractivity contribution in [3.8, 4) is 10.4 Å². The van der Waals surface area contributed by atoms with E-state index in [0.717, 1.165) is 18.2 Å². The Kier molecular flexibility index (Phi) is 4.39. The number of alkyl halides is 3. The molecule has 0 amide bonds. The van der Waals surface area contributed by atoms with Crippen LogP contribution in [-0.4, -0.2) is 11.1 Å². The second kappa shape index (κ2) is 5.91. The van der Waals surface area contributed by atoms with Crippen molar-refractivity contribution in [2.45, 2.75) is 6.18 Å². The van der Waals surface area contributed by atoms with Gasteiger partial charge in [-0.05, 0) is 42.0 Å². The molecule has 1 N–H and O–H groups in total. The van der Waals surface area contributed by atoms with Crippen molar-refractivity contribution >= 4 is 35.0 Å². The molecule has 0 fully saturated rings. The molecule has 0 saturated heterocycles. The molecule has 2 nitrogen and oxygen atoms in total. The highest BCUT2D eigenvalue weighted by Gasteiger charge is 2.31. The van der Waals surface area contributed by atoms with Crippen molar-refractivity contribution in [3.63, 3.8) is 0 Å². The lowest BCUT2D eigenvalue weighted by molar-refractivity contribution is -0.137. The fraction of sp³-hybridized carbons (Fsp3) is 0.0714. The van der Waals surface area contributed by atoms with Crippen LogP contribution in [0.4, 0.5) is 13.2 Å². The average Bonchev–Trinajstić information content (AvgIpc) is 2.83. The van der Waals surface area contributed by atoms with Crippen LogP contribution in [0, 0.1) is 0 Å². The SMILES string of the molecule is O=C(O)/C=C/c1ccc(-c2cc(Cl)cc(C(F)(F)F)c2)s1. The molecule has 1 aromatic heterocycles. The Labute approximate surface area is 127 Å². The fourth-order valence-electron chi connectivity index (χ4n) is 1.65. The van der Waals surface area contributed by atoms with E-state index in [0.29, 0.717) is 15.3 Å². The number of halogens is 4. The Bertz CT molecular complexity index is 704. The summed E-state index contributed by atoms with van der Waals surface area (Å²) < 4.78 is 38.2. The lowest BCUT2D eigenvalue weighted by atomic mass is 10.1. The molecule has 0 aliphatic rings. The minimum absolute atomic E-state index is 0.00384. The van der Waals surface area contributed by atoms with E-state index in [4.69, 9.17) is 16.7 Å². The van der Waals surface area contributed by atoms with Gasteiger partial charge in [-0.15, -0.1) is 11.3 Å². The van der Waals surface area contributed by atoms with Gasteiger partial charge in [0.05, 0.1) is 5.56 Å². The molecule has 0 atom stereocenters. The molecule has 0 aliphatic heterocycles. The van der Waals surface area contributed by atoms with E-state index in [9.17, 15) is 18.0 Å². The van der Waals surface area contributed by atoms with Gasteiger partial charge in [-0.2, -0.15) is 13.2 Å². The first-order valence-corrected chi connectivity index (χ1v) is 6.84. The summed E-state index contributed by atoms with van der Waals surface area (Å²) >= 11 is 6.91. The molecule has 0 saturated carbocycles. The highest BCUT2D eigenvalue weighted by molar-refractivity contribution is 7.16. The topological polar surface area (TPSA) is 37.3 Å². The number of benzene rings is 1. The Morgan fingerprint density at radius 1 is 1.24 bits per heavy atom. The summed E-state index contributed by atoms with van der Waals surface area (Å²) in [4.78, 5) is 11.6. The molecule has 21 heavy (non-hydrogen) atoms. The summed E-state index contributed by atoms with van der Waals surface area (Å²) in [6.45, 7) is 0. The fourth-order valence-corrected chi connectivity index (χ4v) is 2.78. The van der Waals surface area contributed by atoms with Crippen LogP contribution in [0.1, 0.15) is 10.4 Å².